The first-order valence-electron chi connectivity index (χ1n) is 7.35. The van der Waals surface area contributed by atoms with E-state index in [4.69, 9.17) is 0 Å². The molecule has 118 valence electrons. The highest BCUT2D eigenvalue weighted by Crippen LogP contribution is 2.43. The molecule has 23 heavy (non-hydrogen) atoms. The first-order valence-corrected chi connectivity index (χ1v) is 7.35. The minimum absolute atomic E-state index is 0.0302. The standard InChI is InChI=1S/C16H14F2N4O/c17-16(18)4-10(5-16)8-22-9-11(6-20-22)15-7-19-13-2-1-12(23)3-14(13)21-15/h1-3,6-7,9-10,23H,4-5,8H2. The largest absolute Gasteiger partial charge is 0.508 e. The van der Waals surface area contributed by atoms with Gasteiger partial charge >= 0.3 is 0 Å². The number of phenols is 1. The van der Waals surface area contributed by atoms with Crippen LogP contribution in [0, 0.1) is 5.92 Å². The van der Waals surface area contributed by atoms with Crippen LogP contribution in [0.25, 0.3) is 22.3 Å². The minimum atomic E-state index is -2.51. The van der Waals surface area contributed by atoms with E-state index in [0.29, 0.717) is 23.3 Å². The summed E-state index contributed by atoms with van der Waals surface area (Å²) in [5.41, 5.74) is 2.69. The zero-order valence-electron chi connectivity index (χ0n) is 12.2. The van der Waals surface area contributed by atoms with Gasteiger partial charge in [0.1, 0.15) is 5.75 Å². The molecule has 1 N–H and O–H groups in total. The van der Waals surface area contributed by atoms with Crippen LogP contribution in [0.2, 0.25) is 0 Å². The van der Waals surface area contributed by atoms with Crippen molar-refractivity contribution in [3.8, 4) is 17.0 Å². The van der Waals surface area contributed by atoms with E-state index >= 15 is 0 Å². The molecule has 7 heteroatoms. The third-order valence-electron chi connectivity index (χ3n) is 4.07. The first kappa shape index (κ1) is 14.0. The zero-order valence-corrected chi connectivity index (χ0v) is 12.2. The number of aromatic nitrogens is 4. The number of nitrogens with zero attached hydrogens (tertiary/aromatic N) is 4. The molecular weight excluding hydrogens is 302 g/mol. The van der Waals surface area contributed by atoms with Gasteiger partial charge in [0.15, 0.2) is 0 Å². The molecule has 1 aromatic carbocycles. The number of alkyl halides is 2. The lowest BCUT2D eigenvalue weighted by Crippen LogP contribution is -2.37. The highest BCUT2D eigenvalue weighted by atomic mass is 19.3. The summed E-state index contributed by atoms with van der Waals surface area (Å²) >= 11 is 0. The molecule has 0 radical (unpaired) electrons. The van der Waals surface area contributed by atoms with Gasteiger partial charge in [0.2, 0.25) is 5.92 Å². The fraction of sp³-hybridized carbons (Fsp3) is 0.312. The van der Waals surface area contributed by atoms with Gasteiger partial charge in [0.05, 0.1) is 29.1 Å². The van der Waals surface area contributed by atoms with Gasteiger partial charge < -0.3 is 5.11 Å². The van der Waals surface area contributed by atoms with Crippen molar-refractivity contribution in [2.24, 2.45) is 5.92 Å². The minimum Gasteiger partial charge on any atom is -0.508 e. The Kier molecular flexibility index (Phi) is 3.04. The Bertz CT molecular complexity index is 869. The summed E-state index contributed by atoms with van der Waals surface area (Å²) in [4.78, 5) is 8.77. The van der Waals surface area contributed by atoms with Crippen LogP contribution in [0.3, 0.4) is 0 Å². The molecule has 3 aromatic rings. The van der Waals surface area contributed by atoms with Crippen LogP contribution in [0.1, 0.15) is 12.8 Å². The Balaban J connectivity index is 1.56. The topological polar surface area (TPSA) is 63.8 Å². The number of halogens is 2. The van der Waals surface area contributed by atoms with Gasteiger partial charge in [-0.1, -0.05) is 0 Å². The molecule has 4 rings (SSSR count). The molecule has 5 nitrogen and oxygen atoms in total. The normalized spacial score (nSPS) is 17.3. The molecule has 1 aliphatic carbocycles. The fourth-order valence-electron chi connectivity index (χ4n) is 2.91. The van der Waals surface area contributed by atoms with E-state index in [1.165, 1.54) is 0 Å². The van der Waals surface area contributed by atoms with Gasteiger partial charge in [-0.25, -0.2) is 13.8 Å². The van der Waals surface area contributed by atoms with Crippen molar-refractivity contribution in [1.82, 2.24) is 19.7 Å². The number of rotatable bonds is 3. The van der Waals surface area contributed by atoms with Crippen molar-refractivity contribution in [3.63, 3.8) is 0 Å². The summed E-state index contributed by atoms with van der Waals surface area (Å²) in [6, 6.07) is 4.80. The summed E-state index contributed by atoms with van der Waals surface area (Å²) in [6.45, 7) is 0.484. The van der Waals surface area contributed by atoms with Gasteiger partial charge in [-0.3, -0.25) is 9.67 Å². The van der Waals surface area contributed by atoms with Crippen LogP contribution in [0.5, 0.6) is 5.75 Å². The number of hydrogen-bond acceptors (Lipinski definition) is 4. The van der Waals surface area contributed by atoms with E-state index in [9.17, 15) is 13.9 Å². The second-order valence-electron chi connectivity index (χ2n) is 6.01. The van der Waals surface area contributed by atoms with E-state index in [1.807, 2.05) is 0 Å². The third-order valence-corrected chi connectivity index (χ3v) is 4.07. The van der Waals surface area contributed by atoms with Gasteiger partial charge in [0.25, 0.3) is 0 Å². The maximum absolute atomic E-state index is 12.9. The highest BCUT2D eigenvalue weighted by molar-refractivity contribution is 5.78. The Morgan fingerprint density at radius 1 is 1.22 bits per heavy atom. The van der Waals surface area contributed by atoms with E-state index in [-0.39, 0.29) is 24.5 Å². The number of benzene rings is 1. The molecule has 1 saturated carbocycles. The van der Waals surface area contributed by atoms with Gasteiger partial charge in [0, 0.05) is 37.2 Å². The van der Waals surface area contributed by atoms with E-state index in [2.05, 4.69) is 15.1 Å². The third kappa shape index (κ3) is 2.74. The number of aromatic hydroxyl groups is 1. The average molecular weight is 316 g/mol. The molecule has 0 bridgehead atoms. The van der Waals surface area contributed by atoms with Crippen LogP contribution in [0.15, 0.2) is 36.8 Å². The lowest BCUT2D eigenvalue weighted by molar-refractivity contribution is -0.114. The number of phenolic OH excluding ortho intramolecular Hbond substituents is 1. The molecule has 0 spiro atoms. The summed E-state index contributed by atoms with van der Waals surface area (Å²) < 4.78 is 27.4. The molecule has 0 aliphatic heterocycles. The highest BCUT2D eigenvalue weighted by Gasteiger charge is 2.45. The molecule has 0 unspecified atom stereocenters. The molecule has 0 atom stereocenters. The predicted molar refractivity (Wildman–Crippen MR) is 80.1 cm³/mol. The zero-order chi connectivity index (χ0) is 16.0. The predicted octanol–water partition coefficient (Wildman–Crippen LogP) is 3.24. The van der Waals surface area contributed by atoms with E-state index in [0.717, 1.165) is 5.56 Å². The lowest BCUT2D eigenvalue weighted by atomic mass is 9.81. The van der Waals surface area contributed by atoms with Crippen molar-refractivity contribution in [2.45, 2.75) is 25.3 Å². The Morgan fingerprint density at radius 2 is 2.04 bits per heavy atom. The van der Waals surface area contributed by atoms with Gasteiger partial charge in [-0.2, -0.15) is 5.10 Å². The van der Waals surface area contributed by atoms with Crippen molar-refractivity contribution < 1.29 is 13.9 Å². The van der Waals surface area contributed by atoms with Crippen LogP contribution < -0.4 is 0 Å². The SMILES string of the molecule is Oc1ccc2ncc(-c3cnn(CC4CC(F)(F)C4)c3)nc2c1. The molecule has 0 amide bonds. The number of hydrogen-bond donors (Lipinski definition) is 1. The van der Waals surface area contributed by atoms with Crippen molar-refractivity contribution in [1.29, 1.82) is 0 Å². The smallest absolute Gasteiger partial charge is 0.248 e. The Hall–Kier alpha value is -2.57. The maximum Gasteiger partial charge on any atom is 0.248 e. The van der Waals surface area contributed by atoms with Crippen LogP contribution in [-0.4, -0.2) is 30.8 Å². The quantitative estimate of drug-likeness (QED) is 0.805. The Morgan fingerprint density at radius 3 is 2.83 bits per heavy atom. The van der Waals surface area contributed by atoms with Crippen LogP contribution in [0.4, 0.5) is 8.78 Å². The van der Waals surface area contributed by atoms with E-state index < -0.39 is 5.92 Å². The van der Waals surface area contributed by atoms with Crippen molar-refractivity contribution >= 4 is 11.0 Å². The number of fused-ring (bicyclic) bond motifs is 1. The van der Waals surface area contributed by atoms with Crippen molar-refractivity contribution in [2.75, 3.05) is 0 Å². The fourth-order valence-corrected chi connectivity index (χ4v) is 2.91. The molecule has 2 heterocycles. The molecule has 0 saturated heterocycles. The lowest BCUT2D eigenvalue weighted by Gasteiger charge is -2.34. The average Bonchev–Trinajstić information content (AvgIpc) is 2.93. The first-order chi connectivity index (χ1) is 11.0. The van der Waals surface area contributed by atoms with Gasteiger partial charge in [-0.15, -0.1) is 0 Å². The Labute approximate surface area is 130 Å². The van der Waals surface area contributed by atoms with Crippen molar-refractivity contribution in [3.05, 3.63) is 36.8 Å². The van der Waals surface area contributed by atoms with Crippen LogP contribution in [-0.2, 0) is 6.54 Å². The monoisotopic (exact) mass is 316 g/mol. The summed E-state index contributed by atoms with van der Waals surface area (Å²) in [5.74, 6) is -2.41. The molecule has 1 fully saturated rings. The summed E-state index contributed by atoms with van der Waals surface area (Å²) in [7, 11) is 0. The van der Waals surface area contributed by atoms with Gasteiger partial charge in [-0.05, 0) is 18.1 Å². The molecule has 1 aliphatic rings. The van der Waals surface area contributed by atoms with Crippen LogP contribution >= 0.6 is 0 Å². The summed E-state index contributed by atoms with van der Waals surface area (Å²) in [5, 5.41) is 13.7. The second-order valence-corrected chi connectivity index (χ2v) is 6.01. The van der Waals surface area contributed by atoms with E-state index in [1.54, 1.807) is 41.5 Å². The molecular formula is C16H14F2N4O. The maximum atomic E-state index is 12.9. The molecule has 2 aromatic heterocycles. The second kappa shape index (κ2) is 4.97. The summed E-state index contributed by atoms with van der Waals surface area (Å²) in [6.07, 6.45) is 4.93.